The maximum Gasteiger partial charge on any atom is 0.338 e. The van der Waals surface area contributed by atoms with Crippen molar-refractivity contribution in [2.24, 2.45) is 5.92 Å². The van der Waals surface area contributed by atoms with Gasteiger partial charge in [0, 0.05) is 12.5 Å². The van der Waals surface area contributed by atoms with Gasteiger partial charge in [-0.05, 0) is 12.8 Å². The number of aliphatic hydroxyl groups is 2. The molecule has 0 aromatic heterocycles. The molecule has 2 N–H and O–H groups in total. The van der Waals surface area contributed by atoms with Crippen LogP contribution in [0.3, 0.4) is 0 Å². The smallest absolute Gasteiger partial charge is 0.338 e. The van der Waals surface area contributed by atoms with E-state index in [0.29, 0.717) is 6.42 Å². The van der Waals surface area contributed by atoms with Gasteiger partial charge in [-0.15, -0.1) is 0 Å². The first-order valence-corrected chi connectivity index (χ1v) is 4.56. The van der Waals surface area contributed by atoms with Crippen molar-refractivity contribution in [3.05, 3.63) is 23.2 Å². The lowest BCUT2D eigenvalue weighted by molar-refractivity contribution is -0.139. The van der Waals surface area contributed by atoms with Crippen LogP contribution in [0.2, 0.25) is 0 Å². The lowest BCUT2D eigenvalue weighted by Gasteiger charge is -2.19. The van der Waals surface area contributed by atoms with E-state index in [2.05, 4.69) is 0 Å². The molecule has 0 fully saturated rings. The molecule has 1 aliphatic carbocycles. The van der Waals surface area contributed by atoms with Crippen LogP contribution in [0.4, 0.5) is 0 Å². The van der Waals surface area contributed by atoms with Crippen molar-refractivity contribution in [2.45, 2.75) is 20.3 Å². The van der Waals surface area contributed by atoms with Gasteiger partial charge in [-0.2, -0.15) is 0 Å². The van der Waals surface area contributed by atoms with Crippen LogP contribution >= 0.6 is 0 Å². The first-order chi connectivity index (χ1) is 6.56. The number of aliphatic hydroxyl groups excluding tert-OH is 2. The van der Waals surface area contributed by atoms with Crippen LogP contribution in [0.25, 0.3) is 0 Å². The SMILES string of the molecule is CCOC(=O)C1=C(O)C=C(O)CC1C. The van der Waals surface area contributed by atoms with Crippen LogP contribution in [0.1, 0.15) is 20.3 Å². The van der Waals surface area contributed by atoms with Crippen LogP contribution in [-0.2, 0) is 9.53 Å². The van der Waals surface area contributed by atoms with E-state index in [-0.39, 0.29) is 29.6 Å². The minimum Gasteiger partial charge on any atom is -0.512 e. The van der Waals surface area contributed by atoms with Crippen molar-refractivity contribution in [1.82, 2.24) is 0 Å². The summed E-state index contributed by atoms with van der Waals surface area (Å²) in [6, 6.07) is 0. The molecule has 0 spiro atoms. The Morgan fingerprint density at radius 2 is 2.29 bits per heavy atom. The maximum absolute atomic E-state index is 11.4. The van der Waals surface area contributed by atoms with Crippen molar-refractivity contribution < 1.29 is 19.7 Å². The molecule has 1 aliphatic rings. The Morgan fingerprint density at radius 1 is 1.64 bits per heavy atom. The Labute approximate surface area is 82.5 Å². The highest BCUT2D eigenvalue weighted by Gasteiger charge is 2.26. The van der Waals surface area contributed by atoms with Gasteiger partial charge in [0.1, 0.15) is 5.76 Å². The topological polar surface area (TPSA) is 66.8 Å². The zero-order chi connectivity index (χ0) is 10.7. The summed E-state index contributed by atoms with van der Waals surface area (Å²) in [4.78, 5) is 11.4. The van der Waals surface area contributed by atoms with Crippen LogP contribution in [0, 0.1) is 5.92 Å². The van der Waals surface area contributed by atoms with Gasteiger partial charge >= 0.3 is 5.97 Å². The second-order valence-corrected chi connectivity index (χ2v) is 3.26. The third-order valence-electron chi connectivity index (χ3n) is 2.08. The summed E-state index contributed by atoms with van der Waals surface area (Å²) in [6.07, 6.45) is 1.55. The number of ether oxygens (including phenoxy) is 1. The highest BCUT2D eigenvalue weighted by Crippen LogP contribution is 2.27. The number of hydrogen-bond acceptors (Lipinski definition) is 4. The zero-order valence-electron chi connectivity index (χ0n) is 8.28. The number of carbonyl (C=O) groups excluding carboxylic acids is 1. The van der Waals surface area contributed by atoms with E-state index in [1.165, 1.54) is 6.08 Å². The van der Waals surface area contributed by atoms with Crippen LogP contribution in [-0.4, -0.2) is 22.8 Å². The standard InChI is InChI=1S/C10H14O4/c1-3-14-10(13)9-6(2)4-7(11)5-8(9)12/h5-6,11-12H,3-4H2,1-2H3. The van der Waals surface area contributed by atoms with E-state index in [1.807, 2.05) is 0 Å². The summed E-state index contributed by atoms with van der Waals surface area (Å²) in [6.45, 7) is 3.74. The fourth-order valence-electron chi connectivity index (χ4n) is 1.48. The molecule has 0 radical (unpaired) electrons. The highest BCUT2D eigenvalue weighted by atomic mass is 16.5. The normalized spacial score (nSPS) is 21.9. The average Bonchev–Trinajstić information content (AvgIpc) is 2.01. The third-order valence-corrected chi connectivity index (χ3v) is 2.08. The monoisotopic (exact) mass is 198 g/mol. The predicted molar refractivity (Wildman–Crippen MR) is 50.8 cm³/mol. The van der Waals surface area contributed by atoms with E-state index in [9.17, 15) is 15.0 Å². The molecular weight excluding hydrogens is 184 g/mol. The van der Waals surface area contributed by atoms with Crippen LogP contribution in [0.5, 0.6) is 0 Å². The van der Waals surface area contributed by atoms with Gasteiger partial charge in [0.25, 0.3) is 0 Å². The largest absolute Gasteiger partial charge is 0.512 e. The minimum atomic E-state index is -0.513. The number of hydrogen-bond donors (Lipinski definition) is 2. The Kier molecular flexibility index (Phi) is 3.17. The molecule has 0 aromatic rings. The summed E-state index contributed by atoms with van der Waals surface area (Å²) in [7, 11) is 0. The molecule has 1 unspecified atom stereocenters. The molecule has 1 atom stereocenters. The summed E-state index contributed by atoms with van der Waals surface area (Å²) in [5.74, 6) is -0.831. The quantitative estimate of drug-likeness (QED) is 0.664. The number of carbonyl (C=O) groups is 1. The van der Waals surface area contributed by atoms with E-state index in [4.69, 9.17) is 4.74 Å². The molecule has 4 nitrogen and oxygen atoms in total. The number of rotatable bonds is 2. The van der Waals surface area contributed by atoms with Gasteiger partial charge in [0.05, 0.1) is 17.9 Å². The minimum absolute atomic E-state index is 0.0862. The molecule has 1 rings (SSSR count). The molecule has 0 bridgehead atoms. The fourth-order valence-corrected chi connectivity index (χ4v) is 1.48. The first kappa shape index (κ1) is 10.6. The molecule has 0 heterocycles. The van der Waals surface area contributed by atoms with Crippen LogP contribution < -0.4 is 0 Å². The molecule has 0 saturated heterocycles. The van der Waals surface area contributed by atoms with Crippen molar-refractivity contribution >= 4 is 5.97 Å². The van der Waals surface area contributed by atoms with E-state index < -0.39 is 5.97 Å². The summed E-state index contributed by atoms with van der Waals surface area (Å²) >= 11 is 0. The van der Waals surface area contributed by atoms with Gasteiger partial charge in [0.15, 0.2) is 0 Å². The van der Waals surface area contributed by atoms with Crippen molar-refractivity contribution in [2.75, 3.05) is 6.61 Å². The Balaban J connectivity index is 2.94. The molecular formula is C10H14O4. The van der Waals surface area contributed by atoms with Gasteiger partial charge in [-0.3, -0.25) is 0 Å². The molecule has 4 heteroatoms. The second kappa shape index (κ2) is 4.17. The summed E-state index contributed by atoms with van der Waals surface area (Å²) in [5.41, 5.74) is 0.240. The van der Waals surface area contributed by atoms with E-state index >= 15 is 0 Å². The fraction of sp³-hybridized carbons (Fsp3) is 0.500. The molecule has 0 aromatic carbocycles. The average molecular weight is 198 g/mol. The lowest BCUT2D eigenvalue weighted by Crippen LogP contribution is -2.19. The maximum atomic E-state index is 11.4. The summed E-state index contributed by atoms with van der Waals surface area (Å²) in [5, 5.41) is 18.6. The molecule has 0 aliphatic heterocycles. The van der Waals surface area contributed by atoms with Gasteiger partial charge < -0.3 is 14.9 Å². The summed E-state index contributed by atoms with van der Waals surface area (Å²) < 4.78 is 4.79. The van der Waals surface area contributed by atoms with Crippen LogP contribution in [0.15, 0.2) is 23.2 Å². The first-order valence-electron chi connectivity index (χ1n) is 4.56. The lowest BCUT2D eigenvalue weighted by atomic mass is 9.91. The third kappa shape index (κ3) is 2.07. The molecule has 78 valence electrons. The predicted octanol–water partition coefficient (Wildman–Crippen LogP) is 1.84. The van der Waals surface area contributed by atoms with Crippen molar-refractivity contribution in [1.29, 1.82) is 0 Å². The van der Waals surface area contributed by atoms with E-state index in [1.54, 1.807) is 13.8 Å². The number of esters is 1. The Bertz CT molecular complexity index is 301. The highest BCUT2D eigenvalue weighted by molar-refractivity contribution is 5.90. The zero-order valence-corrected chi connectivity index (χ0v) is 8.28. The van der Waals surface area contributed by atoms with Crippen molar-refractivity contribution in [3.63, 3.8) is 0 Å². The Hall–Kier alpha value is -1.45. The van der Waals surface area contributed by atoms with E-state index in [0.717, 1.165) is 0 Å². The van der Waals surface area contributed by atoms with Crippen molar-refractivity contribution in [3.8, 4) is 0 Å². The molecule has 14 heavy (non-hydrogen) atoms. The molecule has 0 saturated carbocycles. The number of allylic oxidation sites excluding steroid dienone is 2. The molecule has 0 amide bonds. The van der Waals surface area contributed by atoms with Gasteiger partial charge in [-0.25, -0.2) is 4.79 Å². The Morgan fingerprint density at radius 3 is 2.79 bits per heavy atom. The second-order valence-electron chi connectivity index (χ2n) is 3.26. The van der Waals surface area contributed by atoms with Gasteiger partial charge in [-0.1, -0.05) is 6.92 Å². The van der Waals surface area contributed by atoms with Gasteiger partial charge in [0.2, 0.25) is 0 Å².